The van der Waals surface area contributed by atoms with Crippen molar-refractivity contribution in [3.05, 3.63) is 29.6 Å². The number of hydrogen-bond acceptors (Lipinski definition) is 5. The number of nitrogens with two attached hydrogens (primary N) is 1. The van der Waals surface area contributed by atoms with Crippen LogP contribution >= 0.6 is 11.8 Å². The van der Waals surface area contributed by atoms with Gasteiger partial charge in [0.1, 0.15) is 10.7 Å². The van der Waals surface area contributed by atoms with Crippen molar-refractivity contribution in [2.45, 2.75) is 30.3 Å². The number of hydrogen-bond donors (Lipinski definition) is 2. The van der Waals surface area contributed by atoms with E-state index in [0.717, 1.165) is 18.1 Å². The fourth-order valence-corrected chi connectivity index (χ4v) is 3.08. The molecule has 0 aliphatic heterocycles. The van der Waals surface area contributed by atoms with Gasteiger partial charge in [-0.25, -0.2) is 12.8 Å². The van der Waals surface area contributed by atoms with Gasteiger partial charge >= 0.3 is 0 Å². The fourth-order valence-electron chi connectivity index (χ4n) is 1.87. The van der Waals surface area contributed by atoms with E-state index in [1.54, 1.807) is 18.7 Å². The molecule has 0 spiro atoms. The number of halogens is 1. The molecular weight excluding hydrogens is 327 g/mol. The van der Waals surface area contributed by atoms with Gasteiger partial charge in [-0.05, 0) is 43.0 Å². The van der Waals surface area contributed by atoms with Crippen LogP contribution in [-0.2, 0) is 14.6 Å². The third-order valence-corrected chi connectivity index (χ3v) is 4.96. The average Bonchev–Trinajstić information content (AvgIpc) is 2.42. The van der Waals surface area contributed by atoms with Crippen molar-refractivity contribution in [3.63, 3.8) is 0 Å². The molecule has 0 aliphatic carbocycles. The van der Waals surface area contributed by atoms with Gasteiger partial charge in [0.2, 0.25) is 5.91 Å². The van der Waals surface area contributed by atoms with Crippen LogP contribution in [0.1, 0.15) is 24.9 Å². The number of amides is 1. The molecule has 1 amide bonds. The molecule has 1 aromatic carbocycles. The van der Waals surface area contributed by atoms with Crippen LogP contribution in [0.15, 0.2) is 23.1 Å². The molecule has 1 aromatic rings. The zero-order chi connectivity index (χ0) is 16.9. The number of benzene rings is 1. The SMILES string of the molecule is CSCC[C@H](N)C(=O)NC(C)c1ccc(S(C)(=O)=O)c(F)c1. The lowest BCUT2D eigenvalue weighted by Crippen LogP contribution is -2.42. The summed E-state index contributed by atoms with van der Waals surface area (Å²) in [7, 11) is -3.61. The number of rotatable bonds is 7. The van der Waals surface area contributed by atoms with Crippen LogP contribution in [0.2, 0.25) is 0 Å². The van der Waals surface area contributed by atoms with E-state index >= 15 is 0 Å². The molecule has 0 aliphatic rings. The smallest absolute Gasteiger partial charge is 0.237 e. The molecule has 22 heavy (non-hydrogen) atoms. The summed E-state index contributed by atoms with van der Waals surface area (Å²) in [6, 6.07) is 2.73. The van der Waals surface area contributed by atoms with Crippen LogP contribution < -0.4 is 11.1 Å². The molecule has 0 radical (unpaired) electrons. The van der Waals surface area contributed by atoms with E-state index in [9.17, 15) is 17.6 Å². The van der Waals surface area contributed by atoms with Gasteiger partial charge in [0.05, 0.1) is 12.1 Å². The fraction of sp³-hybridized carbons (Fsp3) is 0.500. The Labute approximate surface area is 134 Å². The molecular formula is C14H21FN2O3S2. The van der Waals surface area contributed by atoms with Crippen molar-refractivity contribution in [1.82, 2.24) is 5.32 Å². The number of carbonyl (C=O) groups is 1. The molecule has 0 bridgehead atoms. The second-order valence-electron chi connectivity index (χ2n) is 5.08. The van der Waals surface area contributed by atoms with Crippen LogP contribution in [0.5, 0.6) is 0 Å². The molecule has 0 aromatic heterocycles. The number of sulfone groups is 1. The summed E-state index contributed by atoms with van der Waals surface area (Å²) in [5, 5.41) is 2.70. The molecule has 0 saturated carbocycles. The van der Waals surface area contributed by atoms with Crippen LogP contribution in [-0.4, -0.2) is 38.6 Å². The highest BCUT2D eigenvalue weighted by Crippen LogP contribution is 2.20. The minimum Gasteiger partial charge on any atom is -0.348 e. The summed E-state index contributed by atoms with van der Waals surface area (Å²) >= 11 is 1.60. The van der Waals surface area contributed by atoms with Gasteiger partial charge in [0, 0.05) is 6.26 Å². The molecule has 124 valence electrons. The summed E-state index contributed by atoms with van der Waals surface area (Å²) in [5.74, 6) is -0.359. The van der Waals surface area contributed by atoms with Crippen LogP contribution in [0, 0.1) is 5.82 Å². The Morgan fingerprint density at radius 1 is 1.45 bits per heavy atom. The molecule has 1 rings (SSSR count). The molecule has 0 saturated heterocycles. The first-order chi connectivity index (χ1) is 10.2. The summed E-state index contributed by atoms with van der Waals surface area (Å²) in [5.41, 5.74) is 6.24. The van der Waals surface area contributed by atoms with Gasteiger partial charge in [0.15, 0.2) is 9.84 Å². The second kappa shape index (κ2) is 7.94. The maximum absolute atomic E-state index is 13.8. The first-order valence-electron chi connectivity index (χ1n) is 6.71. The maximum atomic E-state index is 13.8. The van der Waals surface area contributed by atoms with Crippen molar-refractivity contribution < 1.29 is 17.6 Å². The Hall–Kier alpha value is -1.12. The van der Waals surface area contributed by atoms with Gasteiger partial charge in [-0.15, -0.1) is 0 Å². The third-order valence-electron chi connectivity index (χ3n) is 3.18. The Morgan fingerprint density at radius 3 is 2.59 bits per heavy atom. The lowest BCUT2D eigenvalue weighted by molar-refractivity contribution is -0.123. The molecule has 5 nitrogen and oxygen atoms in total. The molecule has 0 heterocycles. The zero-order valence-corrected chi connectivity index (χ0v) is 14.4. The summed E-state index contributed by atoms with van der Waals surface area (Å²) < 4.78 is 36.6. The van der Waals surface area contributed by atoms with E-state index in [1.165, 1.54) is 12.1 Å². The van der Waals surface area contributed by atoms with Crippen molar-refractivity contribution in [1.29, 1.82) is 0 Å². The predicted octanol–water partition coefficient (Wildman–Crippen LogP) is 1.49. The molecule has 3 N–H and O–H groups in total. The standard InChI is InChI=1S/C14H21FN2O3S2/c1-9(17-14(18)12(16)6-7-21-2)10-4-5-13(11(15)8-10)22(3,19)20/h4-5,8-9,12H,6-7,16H2,1-3H3,(H,17,18)/t9?,12-/m0/s1. The van der Waals surface area contributed by atoms with Crippen LogP contribution in [0.4, 0.5) is 4.39 Å². The highest BCUT2D eigenvalue weighted by atomic mass is 32.2. The quantitative estimate of drug-likeness (QED) is 0.779. The topological polar surface area (TPSA) is 89.3 Å². The summed E-state index contributed by atoms with van der Waals surface area (Å²) in [4.78, 5) is 11.6. The summed E-state index contributed by atoms with van der Waals surface area (Å²) in [6.45, 7) is 1.69. The Morgan fingerprint density at radius 2 is 2.09 bits per heavy atom. The van der Waals surface area contributed by atoms with Crippen molar-refractivity contribution in [3.8, 4) is 0 Å². The van der Waals surface area contributed by atoms with Crippen molar-refractivity contribution >= 4 is 27.5 Å². The molecule has 1 unspecified atom stereocenters. The Balaban J connectivity index is 2.80. The van der Waals surface area contributed by atoms with Gasteiger partial charge in [-0.3, -0.25) is 4.79 Å². The second-order valence-corrected chi connectivity index (χ2v) is 8.05. The lowest BCUT2D eigenvalue weighted by Gasteiger charge is -2.18. The monoisotopic (exact) mass is 348 g/mol. The molecule has 8 heteroatoms. The lowest BCUT2D eigenvalue weighted by atomic mass is 10.1. The van der Waals surface area contributed by atoms with Gasteiger partial charge < -0.3 is 11.1 Å². The minimum absolute atomic E-state index is 0.311. The first kappa shape index (κ1) is 18.9. The van der Waals surface area contributed by atoms with E-state index in [2.05, 4.69) is 5.32 Å². The normalized spacial score (nSPS) is 14.4. The van der Waals surface area contributed by atoms with E-state index in [0.29, 0.717) is 12.0 Å². The highest BCUT2D eigenvalue weighted by Gasteiger charge is 2.19. The number of carbonyl (C=O) groups excluding carboxylic acids is 1. The minimum atomic E-state index is -3.61. The van der Waals surface area contributed by atoms with Gasteiger partial charge in [-0.2, -0.15) is 11.8 Å². The Kier molecular flexibility index (Phi) is 6.83. The highest BCUT2D eigenvalue weighted by molar-refractivity contribution is 7.98. The van der Waals surface area contributed by atoms with Crippen molar-refractivity contribution in [2.75, 3.05) is 18.3 Å². The van der Waals surface area contributed by atoms with Crippen molar-refractivity contribution in [2.24, 2.45) is 5.73 Å². The predicted molar refractivity (Wildman–Crippen MR) is 87.0 cm³/mol. The summed E-state index contributed by atoms with van der Waals surface area (Å²) in [6.07, 6.45) is 3.43. The zero-order valence-electron chi connectivity index (χ0n) is 12.8. The average molecular weight is 348 g/mol. The third kappa shape index (κ3) is 5.26. The van der Waals surface area contributed by atoms with E-state index in [-0.39, 0.29) is 10.8 Å². The van der Waals surface area contributed by atoms with E-state index in [1.807, 2.05) is 6.26 Å². The van der Waals surface area contributed by atoms with Crippen LogP contribution in [0.25, 0.3) is 0 Å². The van der Waals surface area contributed by atoms with Crippen LogP contribution in [0.3, 0.4) is 0 Å². The first-order valence-corrected chi connectivity index (χ1v) is 9.99. The number of nitrogens with one attached hydrogen (secondary N) is 1. The van der Waals surface area contributed by atoms with E-state index < -0.39 is 27.7 Å². The maximum Gasteiger partial charge on any atom is 0.237 e. The number of thioether (sulfide) groups is 1. The largest absolute Gasteiger partial charge is 0.348 e. The molecule has 2 atom stereocenters. The molecule has 0 fully saturated rings. The van der Waals surface area contributed by atoms with Gasteiger partial charge in [-0.1, -0.05) is 6.07 Å². The van der Waals surface area contributed by atoms with E-state index in [4.69, 9.17) is 5.73 Å². The Bertz CT molecular complexity index is 635. The van der Waals surface area contributed by atoms with Gasteiger partial charge in [0.25, 0.3) is 0 Å².